The van der Waals surface area contributed by atoms with E-state index in [-0.39, 0.29) is 0 Å². The fourth-order valence-electron chi connectivity index (χ4n) is 3.44. The number of ether oxygens (including phenoxy) is 2. The summed E-state index contributed by atoms with van der Waals surface area (Å²) in [5.41, 5.74) is 9.09. The van der Waals surface area contributed by atoms with Crippen molar-refractivity contribution in [2.24, 2.45) is 0 Å². The number of nitrogens with zero attached hydrogens (tertiary/aromatic N) is 2. The number of hydrogen-bond acceptors (Lipinski definition) is 5. The Bertz CT molecular complexity index is 1210. The Labute approximate surface area is 156 Å². The van der Waals surface area contributed by atoms with Gasteiger partial charge >= 0.3 is 0 Å². The maximum Gasteiger partial charge on any atom is 0.136 e. The number of nitriles is 1. The van der Waals surface area contributed by atoms with Crippen molar-refractivity contribution in [2.45, 2.75) is 0 Å². The van der Waals surface area contributed by atoms with Gasteiger partial charge in [0.2, 0.25) is 0 Å². The zero-order valence-corrected chi connectivity index (χ0v) is 15.0. The molecule has 0 bridgehead atoms. The highest BCUT2D eigenvalue weighted by atomic mass is 16.5. The molecule has 0 saturated heterocycles. The monoisotopic (exact) mass is 355 g/mol. The van der Waals surface area contributed by atoms with Crippen LogP contribution in [0.5, 0.6) is 11.5 Å². The van der Waals surface area contributed by atoms with Crippen molar-refractivity contribution < 1.29 is 9.47 Å². The lowest BCUT2D eigenvalue weighted by Gasteiger charge is -2.17. The third kappa shape index (κ3) is 2.59. The van der Waals surface area contributed by atoms with E-state index < -0.39 is 0 Å². The summed E-state index contributed by atoms with van der Waals surface area (Å²) < 4.78 is 11.2. The maximum atomic E-state index is 9.76. The van der Waals surface area contributed by atoms with Crippen LogP contribution in [-0.2, 0) is 0 Å². The zero-order chi connectivity index (χ0) is 19.0. The third-order valence-electron chi connectivity index (χ3n) is 4.66. The van der Waals surface area contributed by atoms with Gasteiger partial charge in [-0.3, -0.25) is 0 Å². The summed E-state index contributed by atoms with van der Waals surface area (Å²) in [4.78, 5) is 4.49. The number of nitrogen functional groups attached to an aromatic ring is 1. The molecule has 0 radical (unpaired) electrons. The lowest BCUT2D eigenvalue weighted by atomic mass is 9.93. The molecule has 132 valence electrons. The molecule has 0 aliphatic rings. The predicted octanol–water partition coefficient (Wildman–Crippen LogP) is 4.53. The van der Waals surface area contributed by atoms with E-state index in [1.54, 1.807) is 20.3 Å². The van der Waals surface area contributed by atoms with E-state index in [1.807, 2.05) is 48.5 Å². The highest BCUT2D eigenvalue weighted by molar-refractivity contribution is 6.16. The number of methoxy groups -OCH3 is 2. The molecule has 4 aromatic rings. The Balaban J connectivity index is 2.25. The summed E-state index contributed by atoms with van der Waals surface area (Å²) in [6, 6.07) is 19.4. The van der Waals surface area contributed by atoms with E-state index in [0.29, 0.717) is 28.3 Å². The van der Waals surface area contributed by atoms with Crippen LogP contribution >= 0.6 is 0 Å². The van der Waals surface area contributed by atoms with Crippen molar-refractivity contribution in [3.63, 3.8) is 0 Å². The van der Waals surface area contributed by atoms with Gasteiger partial charge in [-0.05, 0) is 29.8 Å². The number of anilines is 1. The summed E-state index contributed by atoms with van der Waals surface area (Å²) in [7, 11) is 3.22. The van der Waals surface area contributed by atoms with Gasteiger partial charge in [0.05, 0.1) is 31.4 Å². The van der Waals surface area contributed by atoms with E-state index in [4.69, 9.17) is 15.2 Å². The Morgan fingerprint density at radius 3 is 2.41 bits per heavy atom. The van der Waals surface area contributed by atoms with E-state index in [1.165, 1.54) is 0 Å². The van der Waals surface area contributed by atoms with Gasteiger partial charge in [0.1, 0.15) is 17.3 Å². The fourth-order valence-corrected chi connectivity index (χ4v) is 3.44. The number of aromatic nitrogens is 1. The smallest absolute Gasteiger partial charge is 0.136 e. The van der Waals surface area contributed by atoms with Gasteiger partial charge in [-0.15, -0.1) is 0 Å². The van der Waals surface area contributed by atoms with Crippen molar-refractivity contribution in [3.05, 3.63) is 60.2 Å². The summed E-state index contributed by atoms with van der Waals surface area (Å²) in [5, 5.41) is 12.1. The normalized spacial score (nSPS) is 10.7. The standard InChI is InChI=1S/C22H17N3O2/c1-26-15-8-9-18-16(11-15)20-17(22(24)25-18)10-14(12-23)19(21(20)27-2)13-6-4-3-5-7-13/h3-11H,1-2H3,(H2,24,25). The van der Waals surface area contributed by atoms with E-state index in [9.17, 15) is 5.26 Å². The number of hydrogen-bond donors (Lipinski definition) is 1. The van der Waals surface area contributed by atoms with Crippen LogP contribution in [0.2, 0.25) is 0 Å². The predicted molar refractivity (Wildman–Crippen MR) is 107 cm³/mol. The highest BCUT2D eigenvalue weighted by Crippen LogP contribution is 2.44. The van der Waals surface area contributed by atoms with Crippen molar-refractivity contribution >= 4 is 27.5 Å². The van der Waals surface area contributed by atoms with Crippen LogP contribution in [0.25, 0.3) is 32.8 Å². The van der Waals surface area contributed by atoms with Gasteiger partial charge < -0.3 is 15.2 Å². The van der Waals surface area contributed by atoms with Gasteiger partial charge in [0.15, 0.2) is 0 Å². The lowest BCUT2D eigenvalue weighted by molar-refractivity contribution is 0.415. The first kappa shape index (κ1) is 16.7. The van der Waals surface area contributed by atoms with Crippen LogP contribution in [0.4, 0.5) is 5.82 Å². The molecule has 1 heterocycles. The van der Waals surface area contributed by atoms with Crippen molar-refractivity contribution in [1.82, 2.24) is 4.98 Å². The number of fused-ring (bicyclic) bond motifs is 3. The molecule has 27 heavy (non-hydrogen) atoms. The molecule has 0 unspecified atom stereocenters. The van der Waals surface area contributed by atoms with E-state index in [0.717, 1.165) is 27.4 Å². The molecule has 0 aliphatic carbocycles. The van der Waals surface area contributed by atoms with Crippen molar-refractivity contribution in [3.8, 4) is 28.7 Å². The third-order valence-corrected chi connectivity index (χ3v) is 4.66. The van der Waals surface area contributed by atoms with Gasteiger partial charge in [-0.2, -0.15) is 5.26 Å². The summed E-state index contributed by atoms with van der Waals surface area (Å²) in [5.74, 6) is 1.67. The molecule has 0 aliphatic heterocycles. The quantitative estimate of drug-likeness (QED) is 0.546. The van der Waals surface area contributed by atoms with Gasteiger partial charge in [0, 0.05) is 21.7 Å². The van der Waals surface area contributed by atoms with Crippen LogP contribution in [0, 0.1) is 11.3 Å². The number of nitrogens with two attached hydrogens (primary N) is 1. The average Bonchev–Trinajstić information content (AvgIpc) is 2.72. The minimum atomic E-state index is 0.358. The number of benzene rings is 3. The first-order valence-electron chi connectivity index (χ1n) is 8.41. The lowest BCUT2D eigenvalue weighted by Crippen LogP contribution is -1.99. The molecular weight excluding hydrogens is 338 g/mol. The van der Waals surface area contributed by atoms with Gasteiger partial charge in [-0.1, -0.05) is 30.3 Å². The Kier molecular flexibility index (Phi) is 4.02. The molecule has 2 N–H and O–H groups in total. The molecule has 0 fully saturated rings. The second-order valence-electron chi connectivity index (χ2n) is 6.11. The molecule has 5 heteroatoms. The first-order chi connectivity index (χ1) is 13.2. The van der Waals surface area contributed by atoms with E-state index in [2.05, 4.69) is 11.1 Å². The minimum absolute atomic E-state index is 0.358. The van der Waals surface area contributed by atoms with Crippen LogP contribution in [0.3, 0.4) is 0 Å². The molecule has 0 saturated carbocycles. The molecule has 0 amide bonds. The molecule has 4 rings (SSSR count). The maximum absolute atomic E-state index is 9.76. The summed E-state index contributed by atoms with van der Waals surface area (Å²) in [6.07, 6.45) is 0. The summed E-state index contributed by atoms with van der Waals surface area (Å²) >= 11 is 0. The van der Waals surface area contributed by atoms with Crippen LogP contribution < -0.4 is 15.2 Å². The fraction of sp³-hybridized carbons (Fsp3) is 0.0909. The highest BCUT2D eigenvalue weighted by Gasteiger charge is 2.20. The molecule has 0 spiro atoms. The first-order valence-corrected chi connectivity index (χ1v) is 8.41. The summed E-state index contributed by atoms with van der Waals surface area (Å²) in [6.45, 7) is 0. The van der Waals surface area contributed by atoms with Crippen LogP contribution in [0.15, 0.2) is 54.6 Å². The molecule has 0 atom stereocenters. The largest absolute Gasteiger partial charge is 0.497 e. The van der Waals surface area contributed by atoms with E-state index >= 15 is 0 Å². The van der Waals surface area contributed by atoms with Crippen LogP contribution in [-0.4, -0.2) is 19.2 Å². The molecular formula is C22H17N3O2. The molecule has 1 aromatic heterocycles. The second kappa shape index (κ2) is 6.50. The minimum Gasteiger partial charge on any atom is -0.497 e. The Hall–Kier alpha value is -3.78. The Morgan fingerprint density at radius 2 is 1.74 bits per heavy atom. The number of pyridine rings is 1. The molecule has 5 nitrogen and oxygen atoms in total. The number of rotatable bonds is 3. The van der Waals surface area contributed by atoms with Crippen molar-refractivity contribution in [2.75, 3.05) is 20.0 Å². The van der Waals surface area contributed by atoms with Crippen molar-refractivity contribution in [1.29, 1.82) is 5.26 Å². The second-order valence-corrected chi connectivity index (χ2v) is 6.11. The van der Waals surface area contributed by atoms with Gasteiger partial charge in [0.25, 0.3) is 0 Å². The zero-order valence-electron chi connectivity index (χ0n) is 15.0. The topological polar surface area (TPSA) is 81.2 Å². The SMILES string of the molecule is COc1ccc2nc(N)c3cc(C#N)c(-c4ccccc4)c(OC)c3c2c1. The molecule has 3 aromatic carbocycles. The van der Waals surface area contributed by atoms with Gasteiger partial charge in [-0.25, -0.2) is 4.98 Å². The Morgan fingerprint density at radius 1 is 0.963 bits per heavy atom. The average molecular weight is 355 g/mol. The van der Waals surface area contributed by atoms with Crippen LogP contribution in [0.1, 0.15) is 5.56 Å².